The minimum atomic E-state index is -1.67. The molecule has 0 bridgehead atoms. The Morgan fingerprint density at radius 1 is 1.00 bits per heavy atom. The number of nitrogens with zero attached hydrogens (tertiary/aromatic N) is 1. The van der Waals surface area contributed by atoms with Crippen molar-refractivity contribution in [1.82, 2.24) is 4.90 Å². The van der Waals surface area contributed by atoms with Crippen LogP contribution in [0.25, 0.3) is 0 Å². The molecule has 0 aromatic heterocycles. The van der Waals surface area contributed by atoms with E-state index in [0.717, 1.165) is 19.6 Å². The first kappa shape index (κ1) is 18.9. The normalized spacial score (nSPS) is 10.0. The van der Waals surface area contributed by atoms with Gasteiger partial charge in [-0.1, -0.05) is 19.1 Å². The van der Waals surface area contributed by atoms with Crippen molar-refractivity contribution in [2.24, 2.45) is 0 Å². The van der Waals surface area contributed by atoms with Crippen molar-refractivity contribution in [3.05, 3.63) is 25.3 Å². The molecular formula is C12H27NO3Si. The van der Waals surface area contributed by atoms with Crippen LogP contribution in [-0.4, -0.2) is 55.4 Å². The topological polar surface area (TPSA) is 30.9 Å². The van der Waals surface area contributed by atoms with Gasteiger partial charge >= 0.3 is 9.53 Å². The summed E-state index contributed by atoms with van der Waals surface area (Å²) < 4.78 is 14.2. The molecule has 0 saturated carbocycles. The average Bonchev–Trinajstić information content (AvgIpc) is 2.33. The van der Waals surface area contributed by atoms with E-state index in [0.29, 0.717) is 0 Å². The fourth-order valence-corrected chi connectivity index (χ4v) is 1.80. The minimum Gasteiger partial charge on any atom is -0.379 e. The molecule has 0 saturated heterocycles. The Morgan fingerprint density at radius 2 is 1.41 bits per heavy atom. The predicted molar refractivity (Wildman–Crippen MR) is 75.3 cm³/mol. The molecule has 0 fully saturated rings. The minimum absolute atomic E-state index is 0.972. The third kappa shape index (κ3) is 13.5. The van der Waals surface area contributed by atoms with Crippen LogP contribution in [-0.2, 0) is 13.3 Å². The van der Waals surface area contributed by atoms with Gasteiger partial charge in [0.2, 0.25) is 0 Å². The van der Waals surface area contributed by atoms with Gasteiger partial charge in [-0.3, -0.25) is 4.90 Å². The van der Waals surface area contributed by atoms with Gasteiger partial charge < -0.3 is 13.3 Å². The summed E-state index contributed by atoms with van der Waals surface area (Å²) in [5, 5.41) is 0. The summed E-state index contributed by atoms with van der Waals surface area (Å²) in [6, 6.07) is 0. The summed E-state index contributed by atoms with van der Waals surface area (Å²) in [7, 11) is 3.05. The lowest BCUT2D eigenvalue weighted by atomic mass is 10.4. The Kier molecular flexibility index (Phi) is 17.3. The van der Waals surface area contributed by atoms with E-state index in [4.69, 9.17) is 13.3 Å². The fraction of sp³-hybridized carbons (Fsp3) is 0.667. The molecule has 0 aliphatic carbocycles. The van der Waals surface area contributed by atoms with Gasteiger partial charge in [0.1, 0.15) is 0 Å². The van der Waals surface area contributed by atoms with E-state index in [1.54, 1.807) is 21.3 Å². The smallest absolute Gasteiger partial charge is 0.379 e. The fourth-order valence-electron chi connectivity index (χ4n) is 1.23. The molecule has 0 aromatic rings. The van der Waals surface area contributed by atoms with Gasteiger partial charge in [-0.15, -0.1) is 13.2 Å². The standard InChI is InChI=1S/C9H17N.C3H10O3Si/c1-4-7-10(8-5-2)9-6-3;1-4-7(5-2)6-3/h4-5H,1-2,6-9H2,3H3;7H,1-3H3. The Bertz CT molecular complexity index is 160. The summed E-state index contributed by atoms with van der Waals surface area (Å²) in [6.45, 7) is 12.6. The van der Waals surface area contributed by atoms with Crippen molar-refractivity contribution in [2.45, 2.75) is 13.3 Å². The van der Waals surface area contributed by atoms with Crippen LogP contribution in [0.1, 0.15) is 13.3 Å². The predicted octanol–water partition coefficient (Wildman–Crippen LogP) is 1.71. The molecule has 5 heteroatoms. The lowest BCUT2D eigenvalue weighted by molar-refractivity contribution is 0.163. The first-order valence-electron chi connectivity index (χ1n) is 5.72. The van der Waals surface area contributed by atoms with E-state index >= 15 is 0 Å². The third-order valence-electron chi connectivity index (χ3n) is 1.89. The highest BCUT2D eigenvalue weighted by molar-refractivity contribution is 6.36. The molecule has 0 aliphatic rings. The van der Waals surface area contributed by atoms with Crippen molar-refractivity contribution < 1.29 is 13.3 Å². The van der Waals surface area contributed by atoms with Crippen LogP contribution in [0.15, 0.2) is 25.3 Å². The molecule has 0 N–H and O–H groups in total. The summed E-state index contributed by atoms with van der Waals surface area (Å²) in [6.07, 6.45) is 5.06. The second-order valence-corrected chi connectivity index (χ2v) is 5.32. The second-order valence-electron chi connectivity index (χ2n) is 3.33. The van der Waals surface area contributed by atoms with Gasteiger partial charge in [0, 0.05) is 34.4 Å². The maximum atomic E-state index is 4.74. The SMILES string of the molecule is C=CCN(CC=C)CCC.CO[SiH](OC)OC. The van der Waals surface area contributed by atoms with Crippen LogP contribution in [0.2, 0.25) is 0 Å². The third-order valence-corrected chi connectivity index (χ3v) is 3.05. The molecule has 0 unspecified atom stereocenters. The van der Waals surface area contributed by atoms with Gasteiger partial charge in [0.25, 0.3) is 0 Å². The van der Waals surface area contributed by atoms with Crippen LogP contribution in [0, 0.1) is 0 Å². The van der Waals surface area contributed by atoms with Crippen molar-refractivity contribution >= 4 is 9.53 Å². The molecule has 102 valence electrons. The van der Waals surface area contributed by atoms with Crippen molar-refractivity contribution in [2.75, 3.05) is 41.0 Å². The molecule has 0 radical (unpaired) electrons. The summed E-state index contributed by atoms with van der Waals surface area (Å²) >= 11 is 0. The Hall–Kier alpha value is -0.463. The van der Waals surface area contributed by atoms with Gasteiger partial charge in [-0.05, 0) is 13.0 Å². The molecular weight excluding hydrogens is 234 g/mol. The molecule has 0 aromatic carbocycles. The summed E-state index contributed by atoms with van der Waals surface area (Å²) in [5.41, 5.74) is 0. The highest BCUT2D eigenvalue weighted by atomic mass is 28.3. The van der Waals surface area contributed by atoms with Crippen LogP contribution in [0.4, 0.5) is 0 Å². The van der Waals surface area contributed by atoms with E-state index < -0.39 is 9.53 Å². The molecule has 4 nitrogen and oxygen atoms in total. The van der Waals surface area contributed by atoms with Crippen LogP contribution in [0.5, 0.6) is 0 Å². The monoisotopic (exact) mass is 261 g/mol. The molecule has 0 aliphatic heterocycles. The van der Waals surface area contributed by atoms with Crippen molar-refractivity contribution in [3.63, 3.8) is 0 Å². The summed E-state index contributed by atoms with van der Waals surface area (Å²) in [4.78, 5) is 2.31. The lowest BCUT2D eigenvalue weighted by Gasteiger charge is -2.16. The number of rotatable bonds is 9. The van der Waals surface area contributed by atoms with Crippen LogP contribution >= 0.6 is 0 Å². The molecule has 17 heavy (non-hydrogen) atoms. The number of hydrogen-bond donors (Lipinski definition) is 0. The maximum Gasteiger partial charge on any atom is 0.483 e. The Balaban J connectivity index is 0. The van der Waals surface area contributed by atoms with E-state index in [2.05, 4.69) is 25.0 Å². The largest absolute Gasteiger partial charge is 0.483 e. The van der Waals surface area contributed by atoms with Crippen molar-refractivity contribution in [1.29, 1.82) is 0 Å². The van der Waals surface area contributed by atoms with Crippen LogP contribution < -0.4 is 0 Å². The Labute approximate surface area is 108 Å². The number of hydrogen-bond acceptors (Lipinski definition) is 4. The van der Waals surface area contributed by atoms with Crippen molar-refractivity contribution in [3.8, 4) is 0 Å². The van der Waals surface area contributed by atoms with E-state index in [1.807, 2.05) is 12.2 Å². The molecule has 0 spiro atoms. The lowest BCUT2D eigenvalue weighted by Crippen LogP contribution is -2.24. The van der Waals surface area contributed by atoms with Gasteiger partial charge in [0.15, 0.2) is 0 Å². The van der Waals surface area contributed by atoms with E-state index in [-0.39, 0.29) is 0 Å². The first-order chi connectivity index (χ1) is 8.19. The summed E-state index contributed by atoms with van der Waals surface area (Å²) in [5.74, 6) is 0. The first-order valence-corrected chi connectivity index (χ1v) is 7.13. The molecule has 0 rings (SSSR count). The molecule has 0 heterocycles. The van der Waals surface area contributed by atoms with Gasteiger partial charge in [-0.2, -0.15) is 0 Å². The second kappa shape index (κ2) is 15.5. The highest BCUT2D eigenvalue weighted by Crippen LogP contribution is 1.90. The van der Waals surface area contributed by atoms with E-state index in [1.165, 1.54) is 6.42 Å². The van der Waals surface area contributed by atoms with Gasteiger partial charge in [-0.25, -0.2) is 0 Å². The molecule has 0 amide bonds. The highest BCUT2D eigenvalue weighted by Gasteiger charge is 2.04. The maximum absolute atomic E-state index is 4.74. The van der Waals surface area contributed by atoms with E-state index in [9.17, 15) is 0 Å². The molecule has 0 atom stereocenters. The zero-order valence-corrected chi connectivity index (χ0v) is 12.8. The Morgan fingerprint density at radius 3 is 1.59 bits per heavy atom. The quantitative estimate of drug-likeness (QED) is 0.467. The zero-order chi connectivity index (χ0) is 13.5. The van der Waals surface area contributed by atoms with Gasteiger partial charge in [0.05, 0.1) is 0 Å². The van der Waals surface area contributed by atoms with Crippen LogP contribution in [0.3, 0.4) is 0 Å². The average molecular weight is 261 g/mol. The zero-order valence-electron chi connectivity index (χ0n) is 11.6.